The average Bonchev–Trinajstić information content (AvgIpc) is 3.21. The molecule has 0 bridgehead atoms. The van der Waals surface area contributed by atoms with Crippen LogP contribution in [0.1, 0.15) is 28.3 Å². The summed E-state index contributed by atoms with van der Waals surface area (Å²) in [5.74, 6) is -0.896. The minimum Gasteiger partial charge on any atom is -0.508 e. The highest BCUT2D eigenvalue weighted by Gasteiger charge is 2.46. The maximum atomic E-state index is 13.4. The van der Waals surface area contributed by atoms with E-state index in [2.05, 4.69) is 4.90 Å². The van der Waals surface area contributed by atoms with Gasteiger partial charge in [-0.3, -0.25) is 14.5 Å². The van der Waals surface area contributed by atoms with Crippen molar-refractivity contribution in [1.82, 2.24) is 9.80 Å². The van der Waals surface area contributed by atoms with Gasteiger partial charge < -0.3 is 24.6 Å². The fourth-order valence-corrected chi connectivity index (χ4v) is 5.07. The van der Waals surface area contributed by atoms with Crippen LogP contribution in [0.15, 0.2) is 78.4 Å². The first kappa shape index (κ1) is 26.5. The minimum absolute atomic E-state index is 0.0359. The van der Waals surface area contributed by atoms with E-state index in [4.69, 9.17) is 9.47 Å². The first-order valence-corrected chi connectivity index (χ1v) is 13.1. The third-order valence-corrected chi connectivity index (χ3v) is 7.21. The van der Waals surface area contributed by atoms with E-state index in [0.717, 1.165) is 18.7 Å². The zero-order valence-corrected chi connectivity index (χ0v) is 21.9. The number of ether oxygens (including phenoxy) is 2. The van der Waals surface area contributed by atoms with Crippen molar-refractivity contribution >= 4 is 17.4 Å². The summed E-state index contributed by atoms with van der Waals surface area (Å²) in [5.41, 5.74) is 2.87. The van der Waals surface area contributed by atoms with Crippen molar-refractivity contribution in [2.45, 2.75) is 19.6 Å². The van der Waals surface area contributed by atoms with Gasteiger partial charge in [0, 0.05) is 31.7 Å². The Morgan fingerprint density at radius 3 is 2.38 bits per heavy atom. The zero-order valence-electron chi connectivity index (χ0n) is 21.9. The van der Waals surface area contributed by atoms with Crippen LogP contribution in [0.4, 0.5) is 0 Å². The molecule has 0 aromatic heterocycles. The van der Waals surface area contributed by atoms with Gasteiger partial charge in [0.1, 0.15) is 23.9 Å². The van der Waals surface area contributed by atoms with E-state index in [1.165, 1.54) is 17.0 Å². The molecule has 0 spiro atoms. The van der Waals surface area contributed by atoms with E-state index in [0.29, 0.717) is 55.4 Å². The number of aliphatic hydroxyl groups excluding tert-OH is 1. The number of aryl methyl sites for hydroxylation is 1. The lowest BCUT2D eigenvalue weighted by Crippen LogP contribution is -2.42. The highest BCUT2D eigenvalue weighted by atomic mass is 16.5. The highest BCUT2D eigenvalue weighted by molar-refractivity contribution is 6.46. The van der Waals surface area contributed by atoms with Gasteiger partial charge in [0.2, 0.25) is 0 Å². The number of phenols is 1. The van der Waals surface area contributed by atoms with Crippen LogP contribution in [0, 0.1) is 6.92 Å². The van der Waals surface area contributed by atoms with E-state index in [9.17, 15) is 19.8 Å². The third kappa shape index (κ3) is 5.82. The number of amides is 1. The summed E-state index contributed by atoms with van der Waals surface area (Å²) in [4.78, 5) is 30.3. The Bertz CT molecular complexity index is 1360. The number of phenolic OH excluding ortho intramolecular Hbond substituents is 1. The standard InChI is InChI=1S/C31H32N2O6/c1-21-19-25(39-20-22-5-3-2-4-6-22)11-12-26(21)29(35)27-28(23-7-9-24(34)10-8-23)33(31(37)30(27)36)14-13-32-15-17-38-18-16-32/h2-12,19,28,34-35H,13-18,20H2,1H3/t28-/m0/s1. The molecule has 2 aliphatic heterocycles. The summed E-state index contributed by atoms with van der Waals surface area (Å²) in [7, 11) is 0. The fourth-order valence-electron chi connectivity index (χ4n) is 5.07. The van der Waals surface area contributed by atoms with Crippen LogP contribution >= 0.6 is 0 Å². The maximum absolute atomic E-state index is 13.4. The van der Waals surface area contributed by atoms with Crippen LogP contribution in [0.5, 0.6) is 11.5 Å². The molecule has 2 fully saturated rings. The average molecular weight is 529 g/mol. The summed E-state index contributed by atoms with van der Waals surface area (Å²) in [6.07, 6.45) is 0. The Morgan fingerprint density at radius 2 is 1.69 bits per heavy atom. The van der Waals surface area contributed by atoms with E-state index in [1.807, 2.05) is 43.3 Å². The molecule has 0 unspecified atom stereocenters. The van der Waals surface area contributed by atoms with Crippen LogP contribution in [-0.4, -0.2) is 71.1 Å². The molecule has 3 aromatic rings. The van der Waals surface area contributed by atoms with E-state index in [-0.39, 0.29) is 17.1 Å². The largest absolute Gasteiger partial charge is 0.508 e. The number of benzene rings is 3. The molecule has 2 aliphatic rings. The van der Waals surface area contributed by atoms with Crippen LogP contribution in [0.3, 0.4) is 0 Å². The predicted octanol–water partition coefficient (Wildman–Crippen LogP) is 4.03. The Morgan fingerprint density at radius 1 is 0.974 bits per heavy atom. The van der Waals surface area contributed by atoms with Gasteiger partial charge in [-0.25, -0.2) is 0 Å². The van der Waals surface area contributed by atoms with Gasteiger partial charge in [0.15, 0.2) is 0 Å². The number of rotatable bonds is 8. The molecule has 5 rings (SSSR count). The van der Waals surface area contributed by atoms with Crippen LogP contribution < -0.4 is 4.74 Å². The summed E-state index contributed by atoms with van der Waals surface area (Å²) < 4.78 is 11.3. The number of hydrogen-bond donors (Lipinski definition) is 2. The lowest BCUT2D eigenvalue weighted by Gasteiger charge is -2.31. The molecule has 8 nitrogen and oxygen atoms in total. The lowest BCUT2D eigenvalue weighted by atomic mass is 9.94. The quantitative estimate of drug-likeness (QED) is 0.259. The van der Waals surface area contributed by atoms with Gasteiger partial charge in [0.25, 0.3) is 11.7 Å². The Balaban J connectivity index is 1.45. The Labute approximate surface area is 227 Å². The number of likely N-dealkylation sites (tertiary alicyclic amines) is 1. The topological polar surface area (TPSA) is 99.5 Å². The fraction of sp³-hybridized carbons (Fsp3) is 0.290. The SMILES string of the molecule is Cc1cc(OCc2ccccc2)ccc1C(O)=C1C(=O)C(=O)N(CCN2CCOCC2)[C@H]1c1ccc(O)cc1. The van der Waals surface area contributed by atoms with Gasteiger partial charge in [-0.15, -0.1) is 0 Å². The monoisotopic (exact) mass is 528 g/mol. The second-order valence-electron chi connectivity index (χ2n) is 9.79. The number of carbonyl (C=O) groups is 2. The summed E-state index contributed by atoms with van der Waals surface area (Å²) in [5, 5.41) is 21.3. The molecule has 1 amide bonds. The van der Waals surface area contributed by atoms with Crippen molar-refractivity contribution in [3.63, 3.8) is 0 Å². The highest BCUT2D eigenvalue weighted by Crippen LogP contribution is 2.40. The number of Topliss-reactive ketones (excluding diaryl/α,β-unsaturated/α-hetero) is 1. The lowest BCUT2D eigenvalue weighted by molar-refractivity contribution is -0.140. The summed E-state index contributed by atoms with van der Waals surface area (Å²) in [6.45, 7) is 5.90. The van der Waals surface area contributed by atoms with E-state index >= 15 is 0 Å². The number of ketones is 1. The van der Waals surface area contributed by atoms with Crippen molar-refractivity contribution < 1.29 is 29.3 Å². The van der Waals surface area contributed by atoms with E-state index < -0.39 is 17.7 Å². The van der Waals surface area contributed by atoms with Gasteiger partial charge in [0.05, 0.1) is 24.8 Å². The van der Waals surface area contributed by atoms with Gasteiger partial charge in [-0.2, -0.15) is 0 Å². The Hall–Kier alpha value is -4.14. The molecule has 1 atom stereocenters. The van der Waals surface area contributed by atoms with Crippen molar-refractivity contribution in [3.05, 3.63) is 101 Å². The normalized spacial score (nSPS) is 19.4. The number of aliphatic hydroxyl groups is 1. The second-order valence-corrected chi connectivity index (χ2v) is 9.79. The van der Waals surface area contributed by atoms with Crippen molar-refractivity contribution in [2.24, 2.45) is 0 Å². The van der Waals surface area contributed by atoms with Gasteiger partial charge in [-0.05, 0) is 53.9 Å². The van der Waals surface area contributed by atoms with Gasteiger partial charge >= 0.3 is 0 Å². The van der Waals surface area contributed by atoms with Crippen molar-refractivity contribution in [1.29, 1.82) is 0 Å². The molecule has 0 aliphatic carbocycles. The molecular formula is C31H32N2O6. The molecule has 2 N–H and O–H groups in total. The first-order valence-electron chi connectivity index (χ1n) is 13.1. The summed E-state index contributed by atoms with van der Waals surface area (Å²) in [6, 6.07) is 20.7. The van der Waals surface area contributed by atoms with E-state index in [1.54, 1.807) is 24.3 Å². The molecule has 8 heteroatoms. The first-order chi connectivity index (χ1) is 18.9. The predicted molar refractivity (Wildman–Crippen MR) is 146 cm³/mol. The van der Waals surface area contributed by atoms with Crippen LogP contribution in [0.2, 0.25) is 0 Å². The number of carbonyl (C=O) groups excluding carboxylic acids is 2. The number of aromatic hydroxyl groups is 1. The molecular weight excluding hydrogens is 496 g/mol. The van der Waals surface area contributed by atoms with Gasteiger partial charge in [-0.1, -0.05) is 42.5 Å². The smallest absolute Gasteiger partial charge is 0.295 e. The number of nitrogens with zero attached hydrogens (tertiary/aromatic N) is 2. The maximum Gasteiger partial charge on any atom is 0.295 e. The molecule has 3 aromatic carbocycles. The van der Waals surface area contributed by atoms with Crippen molar-refractivity contribution in [3.8, 4) is 11.5 Å². The molecule has 39 heavy (non-hydrogen) atoms. The number of hydrogen-bond acceptors (Lipinski definition) is 7. The Kier molecular flexibility index (Phi) is 7.95. The zero-order chi connectivity index (χ0) is 27.4. The molecule has 2 heterocycles. The minimum atomic E-state index is -0.778. The van der Waals surface area contributed by atoms with Crippen LogP contribution in [0.25, 0.3) is 5.76 Å². The van der Waals surface area contributed by atoms with Crippen LogP contribution in [-0.2, 0) is 20.9 Å². The molecule has 202 valence electrons. The van der Waals surface area contributed by atoms with Crippen molar-refractivity contribution in [2.75, 3.05) is 39.4 Å². The summed E-state index contributed by atoms with van der Waals surface area (Å²) >= 11 is 0. The third-order valence-electron chi connectivity index (χ3n) is 7.21. The molecule has 0 radical (unpaired) electrons. The molecule has 2 saturated heterocycles. The number of morpholine rings is 1. The second kappa shape index (κ2) is 11.7. The molecule has 0 saturated carbocycles.